The van der Waals surface area contributed by atoms with Gasteiger partial charge in [-0.15, -0.1) is 0 Å². The quantitative estimate of drug-likeness (QED) is 0.887. The minimum Gasteiger partial charge on any atom is -0.280 e. The number of halogens is 2. The number of aryl methyl sites for hydroxylation is 1. The van der Waals surface area contributed by atoms with E-state index in [0.717, 1.165) is 6.07 Å². The molecule has 19 heavy (non-hydrogen) atoms. The Morgan fingerprint density at radius 2 is 2.00 bits per heavy atom. The fourth-order valence-electron chi connectivity index (χ4n) is 1.42. The third-order valence-corrected chi connectivity index (χ3v) is 4.02. The molecule has 0 fully saturated rings. The van der Waals surface area contributed by atoms with Crippen molar-refractivity contribution in [2.24, 2.45) is 0 Å². The minimum atomic E-state index is -3.81. The number of sulfonamides is 1. The van der Waals surface area contributed by atoms with Crippen LogP contribution in [0.5, 0.6) is 0 Å². The molecule has 2 aromatic rings. The van der Waals surface area contributed by atoms with Gasteiger partial charge in [-0.3, -0.25) is 4.72 Å². The van der Waals surface area contributed by atoms with Crippen molar-refractivity contribution in [3.05, 3.63) is 53.1 Å². The highest BCUT2D eigenvalue weighted by molar-refractivity contribution is 7.92. The van der Waals surface area contributed by atoms with Crippen LogP contribution in [-0.4, -0.2) is 13.4 Å². The summed E-state index contributed by atoms with van der Waals surface area (Å²) in [5.74, 6) is -0.479. The first-order valence-corrected chi connectivity index (χ1v) is 7.15. The maximum Gasteiger partial charge on any atom is 0.262 e. The lowest BCUT2D eigenvalue weighted by Gasteiger charge is -2.08. The topological polar surface area (TPSA) is 59.1 Å². The molecule has 100 valence electrons. The van der Waals surface area contributed by atoms with Crippen molar-refractivity contribution < 1.29 is 12.8 Å². The molecule has 4 nitrogen and oxygen atoms in total. The lowest BCUT2D eigenvalue weighted by Crippen LogP contribution is -2.13. The largest absolute Gasteiger partial charge is 0.280 e. The van der Waals surface area contributed by atoms with Crippen LogP contribution in [0, 0.1) is 12.7 Å². The van der Waals surface area contributed by atoms with Crippen molar-refractivity contribution >= 4 is 27.3 Å². The number of pyridine rings is 1. The molecule has 1 aromatic carbocycles. The average molecular weight is 301 g/mol. The molecule has 0 aliphatic heterocycles. The zero-order chi connectivity index (χ0) is 14.0. The van der Waals surface area contributed by atoms with Crippen LogP contribution in [0.2, 0.25) is 5.15 Å². The van der Waals surface area contributed by atoms with Gasteiger partial charge in [-0.2, -0.15) is 0 Å². The first-order chi connectivity index (χ1) is 8.88. The van der Waals surface area contributed by atoms with E-state index in [4.69, 9.17) is 11.6 Å². The molecule has 0 aliphatic rings. The highest BCUT2D eigenvalue weighted by atomic mass is 35.5. The summed E-state index contributed by atoms with van der Waals surface area (Å²) in [4.78, 5) is 3.67. The Bertz CT molecular complexity index is 719. The maximum atomic E-state index is 13.4. The minimum absolute atomic E-state index is 0.0338. The lowest BCUT2D eigenvalue weighted by atomic mass is 10.2. The predicted molar refractivity (Wildman–Crippen MR) is 71.2 cm³/mol. The Labute approximate surface area is 115 Å². The number of hydrogen-bond acceptors (Lipinski definition) is 3. The zero-order valence-corrected chi connectivity index (χ0v) is 11.5. The first-order valence-electron chi connectivity index (χ1n) is 5.29. The molecule has 0 aliphatic carbocycles. The van der Waals surface area contributed by atoms with Crippen LogP contribution in [-0.2, 0) is 10.0 Å². The van der Waals surface area contributed by atoms with E-state index in [1.807, 2.05) is 0 Å². The molecule has 0 atom stereocenters. The number of nitrogens with one attached hydrogen (secondary N) is 1. The van der Waals surface area contributed by atoms with Crippen LogP contribution < -0.4 is 4.72 Å². The van der Waals surface area contributed by atoms with Gasteiger partial charge in [0.1, 0.15) is 11.0 Å². The summed E-state index contributed by atoms with van der Waals surface area (Å²) < 4.78 is 39.7. The molecular weight excluding hydrogens is 291 g/mol. The fourth-order valence-corrected chi connectivity index (χ4v) is 2.72. The summed E-state index contributed by atoms with van der Waals surface area (Å²) in [5, 5.41) is 0.0676. The molecular formula is C12H10ClFN2O2S. The molecule has 7 heteroatoms. The highest BCUT2D eigenvalue weighted by Gasteiger charge is 2.15. The molecule has 0 bridgehead atoms. The molecule has 0 spiro atoms. The second kappa shape index (κ2) is 5.14. The molecule has 0 radical (unpaired) electrons. The highest BCUT2D eigenvalue weighted by Crippen LogP contribution is 2.19. The van der Waals surface area contributed by atoms with Gasteiger partial charge in [-0.1, -0.05) is 17.7 Å². The van der Waals surface area contributed by atoms with Gasteiger partial charge in [0, 0.05) is 6.20 Å². The summed E-state index contributed by atoms with van der Waals surface area (Å²) in [6.07, 6.45) is 1.28. The van der Waals surface area contributed by atoms with Gasteiger partial charge in [0.2, 0.25) is 0 Å². The van der Waals surface area contributed by atoms with Gasteiger partial charge in [0.15, 0.2) is 0 Å². The number of anilines is 1. The monoisotopic (exact) mass is 300 g/mol. The van der Waals surface area contributed by atoms with Crippen LogP contribution in [0.3, 0.4) is 0 Å². The average Bonchev–Trinajstić information content (AvgIpc) is 2.33. The molecule has 1 N–H and O–H groups in total. The number of rotatable bonds is 3. The van der Waals surface area contributed by atoms with Crippen molar-refractivity contribution in [3.8, 4) is 0 Å². The summed E-state index contributed by atoms with van der Waals surface area (Å²) in [7, 11) is -3.81. The van der Waals surface area contributed by atoms with Crippen molar-refractivity contribution in [3.63, 3.8) is 0 Å². The lowest BCUT2D eigenvalue weighted by molar-refractivity contribution is 0.600. The molecule has 1 aromatic heterocycles. The van der Waals surface area contributed by atoms with Crippen LogP contribution in [0.25, 0.3) is 0 Å². The maximum absolute atomic E-state index is 13.4. The Morgan fingerprint density at radius 3 is 2.63 bits per heavy atom. The van der Waals surface area contributed by atoms with Crippen molar-refractivity contribution in [2.75, 3.05) is 4.72 Å². The fraction of sp³-hybridized carbons (Fsp3) is 0.0833. The van der Waals surface area contributed by atoms with E-state index in [0.29, 0.717) is 5.56 Å². The number of benzene rings is 1. The molecule has 0 unspecified atom stereocenters. The Hall–Kier alpha value is -1.66. The first kappa shape index (κ1) is 13.8. The van der Waals surface area contributed by atoms with E-state index in [9.17, 15) is 12.8 Å². The third-order valence-electron chi connectivity index (χ3n) is 2.43. The number of aromatic nitrogens is 1. The van der Waals surface area contributed by atoms with Gasteiger partial charge >= 0.3 is 0 Å². The zero-order valence-electron chi connectivity index (χ0n) is 9.89. The summed E-state index contributed by atoms with van der Waals surface area (Å²) in [5.41, 5.74) is 0.589. The van der Waals surface area contributed by atoms with Crippen LogP contribution in [0.15, 0.2) is 41.4 Å². The predicted octanol–water partition coefficient (Wildman–Crippen LogP) is 2.98. The Balaban J connectivity index is 2.33. The van der Waals surface area contributed by atoms with E-state index in [1.165, 1.54) is 30.5 Å². The summed E-state index contributed by atoms with van der Waals surface area (Å²) >= 11 is 5.64. The SMILES string of the molecule is Cc1ccc(NS(=O)(=O)c2ccnc(Cl)c2)cc1F. The second-order valence-electron chi connectivity index (χ2n) is 3.88. The van der Waals surface area contributed by atoms with E-state index in [-0.39, 0.29) is 15.7 Å². The molecule has 1 heterocycles. The molecule has 0 saturated heterocycles. The molecule has 2 rings (SSSR count). The summed E-state index contributed by atoms with van der Waals surface area (Å²) in [6.45, 7) is 1.59. The summed E-state index contributed by atoms with van der Waals surface area (Å²) in [6, 6.07) is 6.62. The van der Waals surface area contributed by atoms with Crippen LogP contribution in [0.4, 0.5) is 10.1 Å². The van der Waals surface area contributed by atoms with Gasteiger partial charge < -0.3 is 0 Å². The van der Waals surface area contributed by atoms with E-state index in [1.54, 1.807) is 6.92 Å². The standard InChI is InChI=1S/C12H10ClFN2O2S/c1-8-2-3-9(6-11(8)14)16-19(17,18)10-4-5-15-12(13)7-10/h2-7,16H,1H3. The molecule has 0 saturated carbocycles. The number of nitrogens with zero attached hydrogens (tertiary/aromatic N) is 1. The Kier molecular flexibility index (Phi) is 3.73. The normalized spacial score (nSPS) is 11.3. The van der Waals surface area contributed by atoms with E-state index < -0.39 is 15.8 Å². The Morgan fingerprint density at radius 1 is 1.26 bits per heavy atom. The van der Waals surface area contributed by atoms with E-state index in [2.05, 4.69) is 9.71 Å². The van der Waals surface area contributed by atoms with Gasteiger partial charge in [0.05, 0.1) is 10.6 Å². The van der Waals surface area contributed by atoms with Crippen LogP contribution in [0.1, 0.15) is 5.56 Å². The number of hydrogen-bond donors (Lipinski definition) is 1. The van der Waals surface area contributed by atoms with Gasteiger partial charge in [0.25, 0.3) is 10.0 Å². The van der Waals surface area contributed by atoms with Crippen molar-refractivity contribution in [1.82, 2.24) is 4.98 Å². The smallest absolute Gasteiger partial charge is 0.262 e. The van der Waals surface area contributed by atoms with Crippen molar-refractivity contribution in [1.29, 1.82) is 0 Å². The van der Waals surface area contributed by atoms with Crippen LogP contribution >= 0.6 is 11.6 Å². The second-order valence-corrected chi connectivity index (χ2v) is 5.95. The van der Waals surface area contributed by atoms with Gasteiger partial charge in [-0.05, 0) is 36.8 Å². The van der Waals surface area contributed by atoms with Crippen molar-refractivity contribution in [2.45, 2.75) is 11.8 Å². The third kappa shape index (κ3) is 3.21. The molecule has 0 amide bonds. The van der Waals surface area contributed by atoms with E-state index >= 15 is 0 Å². The van der Waals surface area contributed by atoms with Gasteiger partial charge in [-0.25, -0.2) is 17.8 Å².